The van der Waals surface area contributed by atoms with Crippen LogP contribution < -0.4 is 4.90 Å². The lowest BCUT2D eigenvalue weighted by atomic mass is 10.1. The number of hydrogen-bond donors (Lipinski definition) is 1. The van der Waals surface area contributed by atoms with E-state index in [1.807, 2.05) is 6.20 Å². The van der Waals surface area contributed by atoms with Crippen LogP contribution in [0.15, 0.2) is 23.9 Å². The van der Waals surface area contributed by atoms with Crippen LogP contribution in [0.1, 0.15) is 19.3 Å². The van der Waals surface area contributed by atoms with E-state index in [1.54, 1.807) is 6.08 Å². The molecule has 0 unspecified atom stereocenters. The first kappa shape index (κ1) is 14.4. The number of esters is 2. The van der Waals surface area contributed by atoms with E-state index < -0.39 is 11.9 Å². The van der Waals surface area contributed by atoms with Gasteiger partial charge in [0.05, 0.1) is 33.5 Å². The van der Waals surface area contributed by atoms with Crippen molar-refractivity contribution >= 4 is 11.9 Å². The largest absolute Gasteiger partial charge is 0.465 e. The second kappa shape index (κ2) is 7.66. The molecule has 0 saturated carbocycles. The predicted octanol–water partition coefficient (Wildman–Crippen LogP) is -0.159. The lowest BCUT2D eigenvalue weighted by Crippen LogP contribution is -3.08. The van der Waals surface area contributed by atoms with Crippen LogP contribution in [-0.2, 0) is 19.1 Å². The number of ether oxygens (including phenoxy) is 2. The first-order valence-corrected chi connectivity index (χ1v) is 6.08. The van der Waals surface area contributed by atoms with Crippen molar-refractivity contribution in [3.05, 3.63) is 23.9 Å². The summed E-state index contributed by atoms with van der Waals surface area (Å²) in [6.07, 6.45) is 8.82. The van der Waals surface area contributed by atoms with Gasteiger partial charge >= 0.3 is 11.9 Å². The first-order valence-electron chi connectivity index (χ1n) is 6.08. The average molecular weight is 254 g/mol. The van der Waals surface area contributed by atoms with Crippen molar-refractivity contribution in [2.75, 3.05) is 27.3 Å². The molecule has 18 heavy (non-hydrogen) atoms. The SMILES string of the molecule is COC(=O)C(=C/C=C\[NH+]1CCCCC1)C(=O)OC. The Morgan fingerprint density at radius 1 is 1.00 bits per heavy atom. The number of rotatable bonds is 4. The second-order valence-electron chi connectivity index (χ2n) is 4.14. The number of hydrogen-bond acceptors (Lipinski definition) is 4. The molecule has 5 heteroatoms. The van der Waals surface area contributed by atoms with Gasteiger partial charge in [0.1, 0.15) is 5.57 Å². The summed E-state index contributed by atoms with van der Waals surface area (Å²) in [4.78, 5) is 24.1. The summed E-state index contributed by atoms with van der Waals surface area (Å²) >= 11 is 0. The van der Waals surface area contributed by atoms with E-state index in [9.17, 15) is 9.59 Å². The quantitative estimate of drug-likeness (QED) is 0.249. The second-order valence-corrected chi connectivity index (χ2v) is 4.14. The molecule has 0 bridgehead atoms. The minimum atomic E-state index is -0.680. The molecule has 0 amide bonds. The van der Waals surface area contributed by atoms with Crippen LogP contribution in [0.4, 0.5) is 0 Å². The minimum Gasteiger partial charge on any atom is -0.465 e. The van der Waals surface area contributed by atoms with Crippen LogP contribution in [0.25, 0.3) is 0 Å². The average Bonchev–Trinajstić information content (AvgIpc) is 2.43. The van der Waals surface area contributed by atoms with Gasteiger partial charge in [-0.05, 0) is 31.4 Å². The molecule has 100 valence electrons. The Hall–Kier alpha value is -1.62. The Kier molecular flexibility index (Phi) is 6.14. The number of nitrogens with one attached hydrogen (secondary N) is 1. The van der Waals surface area contributed by atoms with Crippen molar-refractivity contribution in [1.29, 1.82) is 0 Å². The highest BCUT2D eigenvalue weighted by molar-refractivity contribution is 6.14. The van der Waals surface area contributed by atoms with Crippen LogP contribution in [-0.4, -0.2) is 39.2 Å². The van der Waals surface area contributed by atoms with E-state index in [0.717, 1.165) is 13.1 Å². The molecule has 0 aromatic carbocycles. The molecule has 0 aliphatic carbocycles. The van der Waals surface area contributed by atoms with Gasteiger partial charge in [-0.2, -0.15) is 0 Å². The molecule has 1 heterocycles. The van der Waals surface area contributed by atoms with Crippen molar-refractivity contribution in [3.8, 4) is 0 Å². The van der Waals surface area contributed by atoms with Crippen LogP contribution >= 0.6 is 0 Å². The fraction of sp³-hybridized carbons (Fsp3) is 0.538. The highest BCUT2D eigenvalue weighted by atomic mass is 16.5. The van der Waals surface area contributed by atoms with Crippen molar-refractivity contribution < 1.29 is 24.0 Å². The lowest BCUT2D eigenvalue weighted by molar-refractivity contribution is -0.852. The van der Waals surface area contributed by atoms with E-state index in [2.05, 4.69) is 9.47 Å². The highest BCUT2D eigenvalue weighted by Gasteiger charge is 2.18. The molecule has 1 N–H and O–H groups in total. The molecule has 0 atom stereocenters. The third kappa shape index (κ3) is 4.33. The number of quaternary nitrogens is 1. The van der Waals surface area contributed by atoms with E-state index in [1.165, 1.54) is 44.5 Å². The van der Waals surface area contributed by atoms with Gasteiger partial charge in [0.15, 0.2) is 0 Å². The van der Waals surface area contributed by atoms with Gasteiger partial charge in [-0.1, -0.05) is 0 Å². The smallest absolute Gasteiger partial charge is 0.345 e. The molecule has 1 saturated heterocycles. The predicted molar refractivity (Wildman–Crippen MR) is 65.8 cm³/mol. The molecule has 0 radical (unpaired) electrons. The Morgan fingerprint density at radius 2 is 1.56 bits per heavy atom. The zero-order valence-corrected chi connectivity index (χ0v) is 10.9. The number of likely N-dealkylation sites (tertiary alicyclic amines) is 1. The summed E-state index contributed by atoms with van der Waals surface area (Å²) in [5.41, 5.74) is -0.0901. The molecule has 0 aromatic heterocycles. The standard InChI is InChI=1S/C13H19NO4/c1-17-12(15)11(13(16)18-2)7-6-10-14-8-4-3-5-9-14/h6-7,10H,3-5,8-9H2,1-2H3/p+1/b10-6-. The maximum atomic E-state index is 11.4. The molecule has 1 fully saturated rings. The topological polar surface area (TPSA) is 57.0 Å². The van der Waals surface area contributed by atoms with Gasteiger partial charge < -0.3 is 14.4 Å². The zero-order chi connectivity index (χ0) is 13.4. The van der Waals surface area contributed by atoms with Gasteiger partial charge in [-0.25, -0.2) is 9.59 Å². The summed E-state index contributed by atoms with van der Waals surface area (Å²) < 4.78 is 9.06. The molecule has 1 aliphatic rings. The third-order valence-corrected chi connectivity index (χ3v) is 2.90. The summed E-state index contributed by atoms with van der Waals surface area (Å²) in [6, 6.07) is 0. The van der Waals surface area contributed by atoms with E-state index in [4.69, 9.17) is 0 Å². The van der Waals surface area contributed by atoms with E-state index in [-0.39, 0.29) is 5.57 Å². The normalized spacial score (nSPS) is 16.3. The summed E-state index contributed by atoms with van der Waals surface area (Å²) in [6.45, 7) is 2.19. The van der Waals surface area contributed by atoms with Gasteiger partial charge in [0, 0.05) is 0 Å². The maximum Gasteiger partial charge on any atom is 0.345 e. The number of carbonyl (C=O) groups excluding carboxylic acids is 2. The van der Waals surface area contributed by atoms with Crippen molar-refractivity contribution in [2.24, 2.45) is 0 Å². The number of piperidine rings is 1. The van der Waals surface area contributed by atoms with Crippen LogP contribution in [0.2, 0.25) is 0 Å². The Bertz CT molecular complexity index is 336. The van der Waals surface area contributed by atoms with Crippen molar-refractivity contribution in [2.45, 2.75) is 19.3 Å². The van der Waals surface area contributed by atoms with Gasteiger partial charge in [-0.15, -0.1) is 0 Å². The van der Waals surface area contributed by atoms with E-state index in [0.29, 0.717) is 0 Å². The van der Waals surface area contributed by atoms with Gasteiger partial charge in [-0.3, -0.25) is 0 Å². The van der Waals surface area contributed by atoms with Crippen molar-refractivity contribution in [1.82, 2.24) is 0 Å². The van der Waals surface area contributed by atoms with Crippen LogP contribution in [0.5, 0.6) is 0 Å². The zero-order valence-electron chi connectivity index (χ0n) is 10.9. The van der Waals surface area contributed by atoms with E-state index >= 15 is 0 Å². The Labute approximate surface area is 107 Å². The lowest BCUT2D eigenvalue weighted by Gasteiger charge is -2.18. The minimum absolute atomic E-state index is 0.0901. The number of allylic oxidation sites excluding steroid dienone is 2. The highest BCUT2D eigenvalue weighted by Crippen LogP contribution is 2.01. The number of carbonyl (C=O) groups is 2. The summed E-state index contributed by atoms with van der Waals surface area (Å²) in [5.74, 6) is -1.36. The van der Waals surface area contributed by atoms with Gasteiger partial charge in [0.2, 0.25) is 0 Å². The first-order chi connectivity index (χ1) is 8.69. The summed E-state index contributed by atoms with van der Waals surface area (Å²) in [7, 11) is 2.47. The summed E-state index contributed by atoms with van der Waals surface area (Å²) in [5, 5.41) is 0. The maximum absolute atomic E-state index is 11.4. The fourth-order valence-corrected chi connectivity index (χ4v) is 1.89. The molecule has 0 spiro atoms. The van der Waals surface area contributed by atoms with Crippen LogP contribution in [0, 0.1) is 0 Å². The molecule has 1 aliphatic heterocycles. The molecule has 5 nitrogen and oxygen atoms in total. The Balaban J connectivity index is 2.66. The molecular formula is C13H20NO4+. The fourth-order valence-electron chi connectivity index (χ4n) is 1.89. The van der Waals surface area contributed by atoms with Gasteiger partial charge in [0.25, 0.3) is 0 Å². The molecule has 1 rings (SSSR count). The monoisotopic (exact) mass is 254 g/mol. The molecule has 0 aromatic rings. The van der Waals surface area contributed by atoms with Crippen LogP contribution in [0.3, 0.4) is 0 Å². The van der Waals surface area contributed by atoms with Crippen molar-refractivity contribution in [3.63, 3.8) is 0 Å². The molecular weight excluding hydrogens is 234 g/mol. The number of methoxy groups -OCH3 is 2. The third-order valence-electron chi connectivity index (χ3n) is 2.90. The Morgan fingerprint density at radius 3 is 2.06 bits per heavy atom.